The summed E-state index contributed by atoms with van der Waals surface area (Å²) in [6, 6.07) is -0.309. The molecule has 8 atom stereocenters. The van der Waals surface area contributed by atoms with E-state index in [1.54, 1.807) is 16.1 Å². The summed E-state index contributed by atoms with van der Waals surface area (Å²) in [4.78, 5) is 66.1. The third kappa shape index (κ3) is 6.02. The molecule has 1 saturated carbocycles. The molecule has 5 aromatic heterocycles. The third-order valence-electron chi connectivity index (χ3n) is 8.72. The van der Waals surface area contributed by atoms with E-state index in [1.165, 1.54) is 35.8 Å². The summed E-state index contributed by atoms with van der Waals surface area (Å²) < 4.78 is 38.2. The highest BCUT2D eigenvalue weighted by atomic mass is 32.5. The highest BCUT2D eigenvalue weighted by molar-refractivity contribution is 8.07. The summed E-state index contributed by atoms with van der Waals surface area (Å²) in [7, 11) is -4.73. The van der Waals surface area contributed by atoms with Gasteiger partial charge >= 0.3 is 14.5 Å². The van der Waals surface area contributed by atoms with Gasteiger partial charge in [0, 0.05) is 30.3 Å². The molecule has 252 valence electrons. The summed E-state index contributed by atoms with van der Waals surface area (Å²) in [5.41, 5.74) is 6.94. The molecule has 0 amide bonds. The quantitative estimate of drug-likeness (QED) is 0.1000. The van der Waals surface area contributed by atoms with Crippen LogP contribution in [-0.2, 0) is 34.7 Å². The first-order valence-electron chi connectivity index (χ1n) is 14.3. The Kier molecular flexibility index (Phi) is 8.29. The average molecular weight is 713 g/mol. The molecule has 6 heterocycles. The molecule has 1 unspecified atom stereocenters. The van der Waals surface area contributed by atoms with Crippen LogP contribution in [0.15, 0.2) is 36.2 Å². The molecule has 47 heavy (non-hydrogen) atoms. The van der Waals surface area contributed by atoms with Gasteiger partial charge in [-0.3, -0.25) is 13.9 Å². The zero-order valence-electron chi connectivity index (χ0n) is 24.5. The maximum absolute atomic E-state index is 12.8. The smallest absolute Gasteiger partial charge is 0.390 e. The number of nitrogens with two attached hydrogens (primary N) is 1. The van der Waals surface area contributed by atoms with Crippen molar-refractivity contribution in [2.24, 2.45) is 17.8 Å². The van der Waals surface area contributed by atoms with E-state index < -0.39 is 44.8 Å². The van der Waals surface area contributed by atoms with Crippen LogP contribution >= 0.6 is 14.5 Å². The van der Waals surface area contributed by atoms with Gasteiger partial charge in [0.2, 0.25) is 5.78 Å². The lowest BCUT2D eigenvalue weighted by Crippen LogP contribution is -2.43. The van der Waals surface area contributed by atoms with Gasteiger partial charge in [-0.15, -0.1) is 0 Å². The number of nitrogen functional groups attached to an aromatic ring is 1. The molecule has 1 aliphatic carbocycles. The Morgan fingerprint density at radius 1 is 1.06 bits per heavy atom. The Morgan fingerprint density at radius 3 is 2.60 bits per heavy atom. The summed E-state index contributed by atoms with van der Waals surface area (Å²) in [6.07, 6.45) is 4.99. The van der Waals surface area contributed by atoms with Gasteiger partial charge in [0.05, 0.1) is 38.6 Å². The maximum atomic E-state index is 12.8. The van der Waals surface area contributed by atoms with Crippen LogP contribution in [0.3, 0.4) is 0 Å². The van der Waals surface area contributed by atoms with E-state index in [2.05, 4.69) is 29.9 Å². The number of imidazole rings is 3. The van der Waals surface area contributed by atoms with Gasteiger partial charge in [-0.1, -0.05) is 6.92 Å². The molecule has 2 fully saturated rings. The third-order valence-corrected chi connectivity index (χ3v) is 10.8. The van der Waals surface area contributed by atoms with Crippen molar-refractivity contribution in [3.05, 3.63) is 41.7 Å². The molecule has 20 nitrogen and oxygen atoms in total. The minimum Gasteiger partial charge on any atom is -0.390 e. The van der Waals surface area contributed by atoms with Crippen LogP contribution in [0.1, 0.15) is 25.6 Å². The number of fused-ring (bicyclic) bond motifs is 3. The van der Waals surface area contributed by atoms with E-state index in [4.69, 9.17) is 35.8 Å². The number of phosphoric ester groups is 1. The number of ether oxygens (including phenoxy) is 1. The molecule has 1 aliphatic heterocycles. The Morgan fingerprint density at radius 2 is 1.81 bits per heavy atom. The van der Waals surface area contributed by atoms with Crippen LogP contribution in [-0.4, -0.2) is 95.3 Å². The van der Waals surface area contributed by atoms with E-state index >= 15 is 0 Å². The first-order chi connectivity index (χ1) is 22.3. The Bertz CT molecular complexity index is 2110. The van der Waals surface area contributed by atoms with Gasteiger partial charge in [0.25, 0.3) is 5.56 Å². The zero-order valence-corrected chi connectivity index (χ0v) is 27.1. The summed E-state index contributed by atoms with van der Waals surface area (Å²) >= 11 is 5.26. The van der Waals surface area contributed by atoms with Crippen molar-refractivity contribution in [3.8, 4) is 0 Å². The lowest BCUT2D eigenvalue weighted by molar-refractivity contribution is -0.0453. The molecule has 0 spiro atoms. The number of aliphatic hydroxyl groups is 1. The van der Waals surface area contributed by atoms with Crippen LogP contribution in [0.4, 0.5) is 5.82 Å². The van der Waals surface area contributed by atoms with Crippen molar-refractivity contribution in [2.75, 3.05) is 25.6 Å². The summed E-state index contributed by atoms with van der Waals surface area (Å²) in [5, 5.41) is 11.0. The fourth-order valence-electron chi connectivity index (χ4n) is 6.19. The number of phosphoric acid groups is 1. The Balaban J connectivity index is 1.03. The fraction of sp³-hybridized carbons (Fsp3) is 0.500. The number of hydrogen-bond acceptors (Lipinski definition) is 14. The predicted molar refractivity (Wildman–Crippen MR) is 165 cm³/mol. The Hall–Kier alpha value is -3.20. The van der Waals surface area contributed by atoms with Crippen LogP contribution in [0, 0.1) is 17.8 Å². The molecule has 5 aromatic rings. The maximum Gasteiger partial charge on any atom is 0.469 e. The number of aliphatic hydroxyl groups excluding tert-OH is 1. The largest absolute Gasteiger partial charge is 0.469 e. The van der Waals surface area contributed by atoms with Crippen molar-refractivity contribution in [3.63, 3.8) is 0 Å². The molecule has 0 radical (unpaired) electrons. The molecular weight excluding hydrogens is 682 g/mol. The molecule has 7 rings (SSSR count). The molecule has 23 heteroatoms. The highest BCUT2D eigenvalue weighted by Crippen LogP contribution is 2.52. The first kappa shape index (κ1) is 32.4. The minimum atomic E-state index is -4.73. The number of rotatable bonds is 11. The van der Waals surface area contributed by atoms with E-state index in [0.29, 0.717) is 29.0 Å². The fourth-order valence-corrected chi connectivity index (χ4v) is 7.71. The van der Waals surface area contributed by atoms with Crippen LogP contribution in [0.25, 0.3) is 28.1 Å². The molecule has 2 aliphatic rings. The molecule has 0 bridgehead atoms. The number of anilines is 1. The van der Waals surface area contributed by atoms with Gasteiger partial charge in [-0.2, -0.15) is 0 Å². The lowest BCUT2D eigenvalue weighted by Gasteiger charge is -2.45. The molecule has 0 aromatic carbocycles. The number of H-pyrrole nitrogens is 1. The number of aromatic nitrogens is 9. The zero-order chi connectivity index (χ0) is 33.2. The SMILES string of the molecule is C[C@@H]1[C@H](O)[C@@H](COP(O)(=S)OC[C@@H]2[C@@H](COP(=O)(O)O)C[C@H]2n2cnc3c(N)ncnc32)O[C@H]1n1cnc2c(=O)n3ccnc3[nH]c21. The van der Waals surface area contributed by atoms with Gasteiger partial charge in [-0.25, -0.2) is 33.9 Å². The van der Waals surface area contributed by atoms with Crippen LogP contribution < -0.4 is 11.3 Å². The predicted octanol–water partition coefficient (Wildman–Crippen LogP) is 0.225. The average Bonchev–Trinajstić information content (AvgIpc) is 3.79. The summed E-state index contributed by atoms with van der Waals surface area (Å²) in [6.45, 7) is -2.89. The van der Waals surface area contributed by atoms with Gasteiger partial charge in [0.15, 0.2) is 17.0 Å². The second-order valence-corrected chi connectivity index (χ2v) is 15.5. The van der Waals surface area contributed by atoms with Gasteiger partial charge in [-0.05, 0) is 24.1 Å². The lowest BCUT2D eigenvalue weighted by atomic mass is 9.70. The standard InChI is InChI=1S/C24H30N10O10P2S/c1-11-18(35)15(44-23(11)34-10-30-17-21(34)31-24-26-2-3-32(24)22(17)36)7-43-46(40,47)42-6-13-12(5-41-45(37,38)39)4-14(13)33-9-29-16-19(25)27-8-28-20(16)33/h2-3,8-15,18,23,35H,4-7H2,1H3,(H,26,31)(H,40,47)(H2,25,27,28)(H2,37,38,39)/t11-,12-,13-,14-,15-,18+,23-,46?/m1/s1. The molecular formula is C24H30N10O10P2S. The summed E-state index contributed by atoms with van der Waals surface area (Å²) in [5.74, 6) is -0.786. The number of nitrogens with one attached hydrogen (secondary N) is 1. The van der Waals surface area contributed by atoms with Crippen molar-refractivity contribution < 1.29 is 42.7 Å². The normalized spacial score (nSPS) is 27.9. The minimum absolute atomic E-state index is 0.155. The molecule has 7 N–H and O–H groups in total. The van der Waals surface area contributed by atoms with Gasteiger partial charge < -0.3 is 48.9 Å². The van der Waals surface area contributed by atoms with Crippen LogP contribution in [0.2, 0.25) is 0 Å². The van der Waals surface area contributed by atoms with Crippen molar-refractivity contribution >= 4 is 60.3 Å². The second-order valence-electron chi connectivity index (χ2n) is 11.5. The van der Waals surface area contributed by atoms with E-state index in [0.717, 1.165) is 0 Å². The number of hydrogen-bond donors (Lipinski definition) is 6. The van der Waals surface area contributed by atoms with E-state index in [9.17, 15) is 29.1 Å². The van der Waals surface area contributed by atoms with Crippen LogP contribution in [0.5, 0.6) is 0 Å². The number of nitrogens with zero attached hydrogens (tertiary/aromatic N) is 8. The molecule has 1 saturated heterocycles. The van der Waals surface area contributed by atoms with Crippen molar-refractivity contribution in [2.45, 2.75) is 37.8 Å². The first-order valence-corrected chi connectivity index (χ1v) is 18.4. The monoisotopic (exact) mass is 712 g/mol. The topological polar surface area (TPSA) is 273 Å². The second kappa shape index (κ2) is 12.0. The van der Waals surface area contributed by atoms with Gasteiger partial charge in [0.1, 0.15) is 29.8 Å². The van der Waals surface area contributed by atoms with Crippen molar-refractivity contribution in [1.29, 1.82) is 0 Å². The van der Waals surface area contributed by atoms with E-state index in [-0.39, 0.29) is 48.7 Å². The Labute approximate surface area is 269 Å². The highest BCUT2D eigenvalue weighted by Gasteiger charge is 2.46. The van der Waals surface area contributed by atoms with Crippen molar-refractivity contribution in [1.82, 2.24) is 43.4 Å². The number of aromatic amines is 1. The van der Waals surface area contributed by atoms with E-state index in [1.807, 2.05) is 0 Å².